The largest absolute Gasteiger partial charge is 0.478 e. The Kier molecular flexibility index (Phi) is 3.12. The first kappa shape index (κ1) is 12.3. The van der Waals surface area contributed by atoms with Gasteiger partial charge in [0, 0.05) is 6.20 Å². The summed E-state index contributed by atoms with van der Waals surface area (Å²) in [6.45, 7) is 0. The fraction of sp³-hybridized carbons (Fsp3) is 0. The molecule has 1 unspecified atom stereocenters. The Morgan fingerprint density at radius 2 is 1.83 bits per heavy atom. The van der Waals surface area contributed by atoms with Gasteiger partial charge in [-0.15, -0.1) is 0 Å². The van der Waals surface area contributed by atoms with E-state index in [4.69, 9.17) is 9.89 Å². The van der Waals surface area contributed by atoms with Gasteiger partial charge in [0.15, 0.2) is 0 Å². The Morgan fingerprint density at radius 3 is 2.33 bits per heavy atom. The molecule has 5 nitrogen and oxygen atoms in total. The summed E-state index contributed by atoms with van der Waals surface area (Å²) < 4.78 is 20.2. The molecule has 0 aliphatic carbocycles. The molecule has 18 heavy (non-hydrogen) atoms. The summed E-state index contributed by atoms with van der Waals surface area (Å²) in [5.41, 5.74) is 0.0926. The van der Waals surface area contributed by atoms with Crippen LogP contribution < -0.4 is 0 Å². The van der Waals surface area contributed by atoms with Crippen LogP contribution in [0.4, 0.5) is 0 Å². The Morgan fingerprint density at radius 1 is 1.17 bits per heavy atom. The van der Waals surface area contributed by atoms with Crippen molar-refractivity contribution in [2.75, 3.05) is 0 Å². The van der Waals surface area contributed by atoms with Crippen molar-refractivity contribution < 1.29 is 14.1 Å². The van der Waals surface area contributed by atoms with Crippen LogP contribution in [-0.2, 0) is 9.73 Å². The highest BCUT2D eigenvalue weighted by Crippen LogP contribution is 2.19. The van der Waals surface area contributed by atoms with E-state index in [1.807, 2.05) is 0 Å². The van der Waals surface area contributed by atoms with Gasteiger partial charge in [-0.2, -0.15) is 0 Å². The third-order valence-corrected chi connectivity index (χ3v) is 4.13. The van der Waals surface area contributed by atoms with Gasteiger partial charge < -0.3 is 5.11 Å². The second-order valence-corrected chi connectivity index (χ2v) is 5.56. The molecule has 92 valence electrons. The lowest BCUT2D eigenvalue weighted by Gasteiger charge is -2.06. The highest BCUT2D eigenvalue weighted by atomic mass is 32.2. The summed E-state index contributed by atoms with van der Waals surface area (Å²) in [6, 6.07) is 10.3. The van der Waals surface area contributed by atoms with Gasteiger partial charge in [0.1, 0.15) is 14.8 Å². The van der Waals surface area contributed by atoms with Gasteiger partial charge in [-0.3, -0.25) is 0 Å². The number of rotatable bonds is 3. The molecule has 2 rings (SSSR count). The van der Waals surface area contributed by atoms with Gasteiger partial charge in [-0.05, 0) is 36.4 Å². The maximum atomic E-state index is 12.3. The molecule has 0 aliphatic heterocycles. The van der Waals surface area contributed by atoms with Gasteiger partial charge in [0.05, 0.1) is 10.5 Å². The van der Waals surface area contributed by atoms with E-state index in [0.717, 1.165) is 0 Å². The number of carboxylic acid groups (broad SMARTS) is 1. The van der Waals surface area contributed by atoms with Crippen LogP contribution in [0.15, 0.2) is 58.6 Å². The zero-order chi connectivity index (χ0) is 13.2. The zero-order valence-corrected chi connectivity index (χ0v) is 10.1. The second-order valence-electron chi connectivity index (χ2n) is 3.55. The number of nitrogens with one attached hydrogen (secondary N) is 1. The third kappa shape index (κ3) is 2.23. The molecule has 2 aromatic rings. The van der Waals surface area contributed by atoms with Crippen molar-refractivity contribution >= 4 is 15.7 Å². The summed E-state index contributed by atoms with van der Waals surface area (Å²) in [4.78, 5) is 14.8. The quantitative estimate of drug-likeness (QED) is 0.887. The fourth-order valence-corrected chi connectivity index (χ4v) is 2.67. The van der Waals surface area contributed by atoms with Crippen LogP contribution in [0.5, 0.6) is 0 Å². The first-order valence-electron chi connectivity index (χ1n) is 5.05. The van der Waals surface area contributed by atoms with Crippen LogP contribution in [0.3, 0.4) is 0 Å². The van der Waals surface area contributed by atoms with Crippen molar-refractivity contribution in [3.05, 3.63) is 54.2 Å². The van der Waals surface area contributed by atoms with Crippen molar-refractivity contribution in [2.24, 2.45) is 0 Å². The molecule has 1 heterocycles. The number of pyridine rings is 1. The lowest BCUT2D eigenvalue weighted by molar-refractivity contribution is 0.0697. The molecule has 2 N–H and O–H groups in total. The fourth-order valence-electron chi connectivity index (χ4n) is 1.43. The highest BCUT2D eigenvalue weighted by molar-refractivity contribution is 7.92. The van der Waals surface area contributed by atoms with Gasteiger partial charge in [0.25, 0.3) is 0 Å². The smallest absolute Gasteiger partial charge is 0.335 e. The average Bonchev–Trinajstić information content (AvgIpc) is 2.40. The van der Waals surface area contributed by atoms with Crippen LogP contribution in [-0.4, -0.2) is 20.3 Å². The number of aromatic carboxylic acids is 1. The maximum Gasteiger partial charge on any atom is 0.335 e. The van der Waals surface area contributed by atoms with Crippen LogP contribution in [0.25, 0.3) is 0 Å². The molecule has 0 saturated heterocycles. The Hall–Kier alpha value is -2.21. The van der Waals surface area contributed by atoms with Gasteiger partial charge in [-0.25, -0.2) is 18.8 Å². The standard InChI is InChI=1S/C12H10N2O3S/c13-18(17,11-3-1-2-8-14-11)10-6-4-9(5-7-10)12(15)16/h1-8,13H,(H,15,16). The minimum atomic E-state index is -3.19. The minimum absolute atomic E-state index is 0.0926. The van der Waals surface area contributed by atoms with Crippen molar-refractivity contribution in [3.63, 3.8) is 0 Å². The number of aromatic nitrogens is 1. The molecular formula is C12H10N2O3S. The summed E-state index contributed by atoms with van der Waals surface area (Å²) >= 11 is 0. The molecule has 0 amide bonds. The molecule has 1 aromatic heterocycles. The van der Waals surface area contributed by atoms with E-state index in [0.29, 0.717) is 0 Å². The molecule has 0 aliphatic rings. The zero-order valence-electron chi connectivity index (χ0n) is 9.24. The molecule has 0 radical (unpaired) electrons. The van der Waals surface area contributed by atoms with Crippen molar-refractivity contribution in [1.82, 2.24) is 4.98 Å². The Bertz CT molecular complexity index is 664. The normalized spacial score (nSPS) is 13.8. The van der Waals surface area contributed by atoms with E-state index in [-0.39, 0.29) is 15.5 Å². The van der Waals surface area contributed by atoms with Crippen molar-refractivity contribution in [1.29, 1.82) is 4.78 Å². The number of benzene rings is 1. The average molecular weight is 262 g/mol. The second kappa shape index (κ2) is 4.58. The Labute approximate surface area is 104 Å². The van der Waals surface area contributed by atoms with E-state index < -0.39 is 15.7 Å². The number of carbonyl (C=O) groups is 1. The minimum Gasteiger partial charge on any atom is -0.478 e. The van der Waals surface area contributed by atoms with Crippen molar-refractivity contribution in [3.8, 4) is 0 Å². The highest BCUT2D eigenvalue weighted by Gasteiger charge is 2.15. The Balaban J connectivity index is 2.46. The summed E-state index contributed by atoms with van der Waals surface area (Å²) in [5, 5.41) is 8.93. The molecule has 1 aromatic carbocycles. The molecule has 1 atom stereocenters. The van der Waals surface area contributed by atoms with E-state index in [1.165, 1.54) is 36.5 Å². The predicted molar refractivity (Wildman–Crippen MR) is 65.0 cm³/mol. The number of hydrogen-bond acceptors (Lipinski definition) is 4. The van der Waals surface area contributed by atoms with Crippen molar-refractivity contribution in [2.45, 2.75) is 9.92 Å². The summed E-state index contributed by atoms with van der Waals surface area (Å²) in [5.74, 6) is -1.06. The lowest BCUT2D eigenvalue weighted by Crippen LogP contribution is -2.03. The third-order valence-electron chi connectivity index (χ3n) is 2.37. The van der Waals surface area contributed by atoms with E-state index in [9.17, 15) is 9.00 Å². The number of hydrogen-bond donors (Lipinski definition) is 2. The van der Waals surface area contributed by atoms with E-state index in [1.54, 1.807) is 12.1 Å². The predicted octanol–water partition coefficient (Wildman–Crippen LogP) is 2.24. The topological polar surface area (TPSA) is 91.1 Å². The molecule has 0 saturated carbocycles. The number of carboxylic acids is 1. The molecular weight excluding hydrogens is 252 g/mol. The molecule has 0 bridgehead atoms. The van der Waals surface area contributed by atoms with Crippen LogP contribution >= 0.6 is 0 Å². The monoisotopic (exact) mass is 262 g/mol. The SMILES string of the molecule is N=S(=O)(c1ccc(C(=O)O)cc1)c1ccccn1. The first-order valence-corrected chi connectivity index (χ1v) is 6.61. The molecule has 0 spiro atoms. The van der Waals surface area contributed by atoms with E-state index in [2.05, 4.69) is 4.98 Å². The maximum absolute atomic E-state index is 12.3. The van der Waals surface area contributed by atoms with Crippen LogP contribution in [0.2, 0.25) is 0 Å². The summed E-state index contributed by atoms with van der Waals surface area (Å²) in [6.07, 6.45) is 1.47. The van der Waals surface area contributed by atoms with Crippen LogP contribution in [0, 0.1) is 4.78 Å². The number of nitrogens with zero attached hydrogens (tertiary/aromatic N) is 1. The van der Waals surface area contributed by atoms with Crippen LogP contribution in [0.1, 0.15) is 10.4 Å². The summed E-state index contributed by atoms with van der Waals surface area (Å²) in [7, 11) is -3.19. The van der Waals surface area contributed by atoms with Gasteiger partial charge in [0.2, 0.25) is 0 Å². The lowest BCUT2D eigenvalue weighted by atomic mass is 10.2. The molecule has 6 heteroatoms. The van der Waals surface area contributed by atoms with Gasteiger partial charge in [-0.1, -0.05) is 6.07 Å². The first-order chi connectivity index (χ1) is 8.51. The van der Waals surface area contributed by atoms with E-state index >= 15 is 0 Å². The molecule has 0 fully saturated rings. The van der Waals surface area contributed by atoms with Gasteiger partial charge >= 0.3 is 5.97 Å².